The smallest absolute Gasteiger partial charge is 0.0535 e. The predicted octanol–water partition coefficient (Wildman–Crippen LogP) is 1.76. The monoisotopic (exact) mass is 251 g/mol. The molecule has 0 aromatic carbocycles. The molecule has 4 heteroatoms. The summed E-state index contributed by atoms with van der Waals surface area (Å²) in [7, 11) is 2.01. The highest BCUT2D eigenvalue weighted by atomic mass is 16.5. The van der Waals surface area contributed by atoms with Crippen LogP contribution in [0.25, 0.3) is 0 Å². The molecule has 0 saturated carbocycles. The maximum atomic E-state index is 5.63. The van der Waals surface area contributed by atoms with Crippen LogP contribution >= 0.6 is 0 Å². The molecule has 4 nitrogen and oxygen atoms in total. The summed E-state index contributed by atoms with van der Waals surface area (Å²) in [6.45, 7) is 7.26. The number of rotatable bonds is 6. The molecule has 0 bridgehead atoms. The number of hydrogen-bond donors (Lipinski definition) is 1. The van der Waals surface area contributed by atoms with Gasteiger partial charge in [0.15, 0.2) is 0 Å². The number of nitrogens with one attached hydrogen (secondary N) is 1. The van der Waals surface area contributed by atoms with Crippen LogP contribution in [-0.2, 0) is 18.2 Å². The molecule has 0 aliphatic carbocycles. The van der Waals surface area contributed by atoms with E-state index in [0.717, 1.165) is 26.2 Å². The van der Waals surface area contributed by atoms with Crippen molar-refractivity contribution in [2.24, 2.45) is 12.5 Å². The largest absolute Gasteiger partial charge is 0.381 e. The van der Waals surface area contributed by atoms with E-state index in [0.29, 0.717) is 11.5 Å². The highest BCUT2D eigenvalue weighted by Gasteiger charge is 2.34. The Kier molecular flexibility index (Phi) is 4.40. The molecule has 1 fully saturated rings. The Morgan fingerprint density at radius 1 is 1.56 bits per heavy atom. The molecular weight excluding hydrogens is 226 g/mol. The second-order valence-corrected chi connectivity index (χ2v) is 5.78. The lowest BCUT2D eigenvalue weighted by molar-refractivity contribution is 0.142. The molecule has 1 aromatic heterocycles. The van der Waals surface area contributed by atoms with Gasteiger partial charge in [-0.2, -0.15) is 5.10 Å². The molecule has 1 saturated heterocycles. The number of aryl methyl sites for hydroxylation is 2. The van der Waals surface area contributed by atoms with E-state index in [9.17, 15) is 0 Å². The Morgan fingerprint density at radius 3 is 2.94 bits per heavy atom. The Balaban J connectivity index is 1.92. The molecule has 18 heavy (non-hydrogen) atoms. The van der Waals surface area contributed by atoms with E-state index < -0.39 is 0 Å². The second-order valence-electron chi connectivity index (χ2n) is 5.78. The van der Waals surface area contributed by atoms with E-state index in [1.165, 1.54) is 18.5 Å². The van der Waals surface area contributed by atoms with Gasteiger partial charge in [-0.3, -0.25) is 4.68 Å². The van der Waals surface area contributed by atoms with E-state index >= 15 is 0 Å². The summed E-state index contributed by atoms with van der Waals surface area (Å²) in [6.07, 6.45) is 5.30. The van der Waals surface area contributed by atoms with Gasteiger partial charge in [0.2, 0.25) is 0 Å². The van der Waals surface area contributed by atoms with Gasteiger partial charge in [0.1, 0.15) is 0 Å². The Morgan fingerprint density at radius 2 is 2.39 bits per heavy atom. The van der Waals surface area contributed by atoms with Gasteiger partial charge in [-0.25, -0.2) is 0 Å². The average Bonchev–Trinajstić information content (AvgIpc) is 2.94. The lowest BCUT2D eigenvalue weighted by Crippen LogP contribution is -2.38. The molecule has 1 N–H and O–H groups in total. The summed E-state index contributed by atoms with van der Waals surface area (Å²) in [4.78, 5) is 0. The fraction of sp³-hybridized carbons (Fsp3) is 0.786. The van der Waals surface area contributed by atoms with Crippen LogP contribution in [0.1, 0.15) is 32.4 Å². The van der Waals surface area contributed by atoms with Crippen LogP contribution < -0.4 is 5.32 Å². The molecule has 2 heterocycles. The van der Waals surface area contributed by atoms with Crippen molar-refractivity contribution in [3.63, 3.8) is 0 Å². The van der Waals surface area contributed by atoms with Crippen molar-refractivity contribution in [1.29, 1.82) is 0 Å². The summed E-state index contributed by atoms with van der Waals surface area (Å²) in [5, 5.41) is 7.80. The van der Waals surface area contributed by atoms with Gasteiger partial charge in [0.05, 0.1) is 6.61 Å². The third kappa shape index (κ3) is 3.33. The van der Waals surface area contributed by atoms with Crippen LogP contribution in [0.3, 0.4) is 0 Å². The topological polar surface area (TPSA) is 39.1 Å². The van der Waals surface area contributed by atoms with Crippen molar-refractivity contribution in [3.05, 3.63) is 18.0 Å². The van der Waals surface area contributed by atoms with Gasteiger partial charge < -0.3 is 10.1 Å². The van der Waals surface area contributed by atoms with E-state index in [1.807, 2.05) is 17.9 Å². The summed E-state index contributed by atoms with van der Waals surface area (Å²) in [6, 6.07) is 2.65. The summed E-state index contributed by atoms with van der Waals surface area (Å²) in [5.74, 6) is 0. The minimum Gasteiger partial charge on any atom is -0.381 e. The van der Waals surface area contributed by atoms with E-state index in [4.69, 9.17) is 4.74 Å². The van der Waals surface area contributed by atoms with Gasteiger partial charge >= 0.3 is 0 Å². The van der Waals surface area contributed by atoms with Crippen molar-refractivity contribution < 1.29 is 4.74 Å². The minimum absolute atomic E-state index is 0.314. The first kappa shape index (κ1) is 13.6. The van der Waals surface area contributed by atoms with Crippen LogP contribution in [0.4, 0.5) is 0 Å². The highest BCUT2D eigenvalue weighted by molar-refractivity contribution is 5.02. The van der Waals surface area contributed by atoms with Crippen LogP contribution in [0.2, 0.25) is 0 Å². The lowest BCUT2D eigenvalue weighted by Gasteiger charge is -2.29. The molecule has 1 atom stereocenters. The van der Waals surface area contributed by atoms with Crippen molar-refractivity contribution in [2.45, 2.75) is 39.2 Å². The normalized spacial score (nSPS) is 24.0. The molecule has 1 aromatic rings. The molecule has 0 spiro atoms. The molecule has 2 rings (SSSR count). The number of hydrogen-bond acceptors (Lipinski definition) is 3. The third-order valence-electron chi connectivity index (χ3n) is 3.90. The Bertz CT molecular complexity index is 367. The number of ether oxygens (including phenoxy) is 1. The fourth-order valence-electron chi connectivity index (χ4n) is 2.53. The minimum atomic E-state index is 0.314. The zero-order valence-electron chi connectivity index (χ0n) is 11.8. The van der Waals surface area contributed by atoms with E-state index in [-0.39, 0.29) is 0 Å². The molecule has 1 unspecified atom stereocenters. The molecule has 0 radical (unpaired) electrons. The fourth-order valence-corrected chi connectivity index (χ4v) is 2.53. The number of aromatic nitrogens is 2. The molecular formula is C14H25N3O. The van der Waals surface area contributed by atoms with Gasteiger partial charge in [-0.15, -0.1) is 0 Å². The first-order valence-corrected chi connectivity index (χ1v) is 6.89. The van der Waals surface area contributed by atoms with E-state index in [1.54, 1.807) is 0 Å². The third-order valence-corrected chi connectivity index (χ3v) is 3.90. The summed E-state index contributed by atoms with van der Waals surface area (Å²) < 4.78 is 7.60. The maximum absolute atomic E-state index is 5.63. The zero-order chi connectivity index (χ0) is 13.0. The van der Waals surface area contributed by atoms with Gasteiger partial charge in [-0.1, -0.05) is 13.8 Å². The lowest BCUT2D eigenvalue weighted by atomic mass is 9.81. The van der Waals surface area contributed by atoms with Gasteiger partial charge in [-0.05, 0) is 25.3 Å². The first-order chi connectivity index (χ1) is 8.61. The summed E-state index contributed by atoms with van der Waals surface area (Å²) >= 11 is 0. The zero-order valence-corrected chi connectivity index (χ0v) is 11.8. The Hall–Kier alpha value is -0.870. The Labute approximate surface area is 110 Å². The molecule has 0 amide bonds. The first-order valence-electron chi connectivity index (χ1n) is 6.89. The average molecular weight is 251 g/mol. The van der Waals surface area contributed by atoms with Crippen LogP contribution in [-0.4, -0.2) is 35.6 Å². The molecule has 1 aliphatic rings. The highest BCUT2D eigenvalue weighted by Crippen LogP contribution is 2.33. The molecule has 1 aliphatic heterocycles. The van der Waals surface area contributed by atoms with E-state index in [2.05, 4.69) is 30.3 Å². The van der Waals surface area contributed by atoms with Crippen molar-refractivity contribution >= 4 is 0 Å². The maximum Gasteiger partial charge on any atom is 0.0535 e. The standard InChI is InChI=1S/C14H25N3O/c1-12(2)15-10-14(7-9-18-11-14)6-4-13-5-8-16-17(13)3/h5,8,12,15H,4,6-7,9-11H2,1-3H3. The summed E-state index contributed by atoms with van der Waals surface area (Å²) in [5.41, 5.74) is 1.62. The van der Waals surface area contributed by atoms with Gasteiger partial charge in [0, 0.05) is 43.5 Å². The predicted molar refractivity (Wildman–Crippen MR) is 72.5 cm³/mol. The SMILES string of the molecule is CC(C)NCC1(CCc2ccnn2C)CCOC1. The van der Waals surface area contributed by atoms with Crippen molar-refractivity contribution in [1.82, 2.24) is 15.1 Å². The van der Waals surface area contributed by atoms with Crippen LogP contribution in [0.5, 0.6) is 0 Å². The number of nitrogens with zero attached hydrogens (tertiary/aromatic N) is 2. The van der Waals surface area contributed by atoms with Crippen LogP contribution in [0, 0.1) is 5.41 Å². The van der Waals surface area contributed by atoms with Gasteiger partial charge in [0.25, 0.3) is 0 Å². The second kappa shape index (κ2) is 5.85. The van der Waals surface area contributed by atoms with Crippen molar-refractivity contribution in [3.8, 4) is 0 Å². The molecule has 102 valence electrons. The van der Waals surface area contributed by atoms with Crippen molar-refractivity contribution in [2.75, 3.05) is 19.8 Å². The quantitative estimate of drug-likeness (QED) is 0.837. The van der Waals surface area contributed by atoms with Crippen LogP contribution in [0.15, 0.2) is 12.3 Å².